The van der Waals surface area contributed by atoms with Crippen molar-refractivity contribution in [2.24, 2.45) is 22.6 Å². The largest absolute Gasteiger partial charge is 0.490 e. The molecule has 3 aliphatic heterocycles. The van der Waals surface area contributed by atoms with E-state index in [2.05, 4.69) is 50.2 Å². The van der Waals surface area contributed by atoms with Gasteiger partial charge in [-0.2, -0.15) is 0 Å². The van der Waals surface area contributed by atoms with Crippen LogP contribution < -0.4 is 15.8 Å². The number of hydrogen-bond acceptors (Lipinski definition) is 14. The van der Waals surface area contributed by atoms with Crippen molar-refractivity contribution < 1.29 is 23.8 Å². The molecule has 2 aliphatic carbocycles. The molecule has 0 bridgehead atoms. The van der Waals surface area contributed by atoms with Crippen LogP contribution in [0.5, 0.6) is 5.75 Å². The smallest absolute Gasteiger partial charge is 0.226 e. The second-order valence-electron chi connectivity index (χ2n) is 15.8. The van der Waals surface area contributed by atoms with Crippen LogP contribution in [0.15, 0.2) is 29.8 Å². The maximum atomic E-state index is 13.3. The van der Waals surface area contributed by atoms with Crippen molar-refractivity contribution >= 4 is 84.2 Å². The van der Waals surface area contributed by atoms with Crippen molar-refractivity contribution in [3.8, 4) is 5.75 Å². The minimum atomic E-state index is 0.00254. The Kier molecular flexibility index (Phi) is 11.8. The number of nitrogens with one attached hydrogen (secondary N) is 1. The van der Waals surface area contributed by atoms with Crippen LogP contribution in [0.25, 0.3) is 20.4 Å². The van der Waals surface area contributed by atoms with E-state index < -0.39 is 0 Å². The Labute approximate surface area is 355 Å². The fourth-order valence-electron chi connectivity index (χ4n) is 8.93. The van der Waals surface area contributed by atoms with Gasteiger partial charge in [0.2, 0.25) is 11.8 Å². The predicted molar refractivity (Wildman–Crippen MR) is 230 cm³/mol. The van der Waals surface area contributed by atoms with Gasteiger partial charge in [-0.05, 0) is 86.8 Å². The number of amides is 2. The highest BCUT2D eigenvalue weighted by Gasteiger charge is 2.36. The van der Waals surface area contributed by atoms with Crippen LogP contribution in [0.2, 0.25) is 5.15 Å². The summed E-state index contributed by atoms with van der Waals surface area (Å²) in [5.41, 5.74) is 11.2. The summed E-state index contributed by atoms with van der Waals surface area (Å²) < 4.78 is 16.9. The van der Waals surface area contributed by atoms with Crippen LogP contribution in [-0.2, 0) is 51.3 Å². The highest BCUT2D eigenvalue weighted by Crippen LogP contribution is 2.43. The molecule has 2 amide bonds. The summed E-state index contributed by atoms with van der Waals surface area (Å²) in [6.45, 7) is 9.53. The second kappa shape index (κ2) is 17.3. The number of carbonyl (C=O) groups excluding carboxylic acids is 2. The first-order chi connectivity index (χ1) is 28.8. The van der Waals surface area contributed by atoms with Gasteiger partial charge in [-0.15, -0.1) is 22.7 Å². The van der Waals surface area contributed by atoms with Gasteiger partial charge in [0.15, 0.2) is 0 Å². The van der Waals surface area contributed by atoms with E-state index in [-0.39, 0.29) is 35.7 Å². The van der Waals surface area contributed by atoms with E-state index >= 15 is 0 Å². The third-order valence-corrected chi connectivity index (χ3v) is 14.6. The third-order valence-electron chi connectivity index (χ3n) is 12.0. The summed E-state index contributed by atoms with van der Waals surface area (Å²) in [4.78, 5) is 56.5. The maximum absolute atomic E-state index is 13.3. The van der Waals surface area contributed by atoms with Crippen molar-refractivity contribution in [1.82, 2.24) is 29.7 Å². The molecule has 0 saturated carbocycles. The van der Waals surface area contributed by atoms with Gasteiger partial charge in [-0.25, -0.2) is 19.9 Å². The minimum Gasteiger partial charge on any atom is -0.490 e. The molecule has 310 valence electrons. The van der Waals surface area contributed by atoms with E-state index in [9.17, 15) is 9.59 Å². The Bertz CT molecular complexity index is 2420. The molecule has 0 unspecified atom stereocenters. The first-order valence-corrected chi connectivity index (χ1v) is 22.5. The molecule has 5 aromatic rings. The van der Waals surface area contributed by atoms with Crippen LogP contribution >= 0.6 is 34.3 Å². The quantitative estimate of drug-likeness (QED) is 0.191. The highest BCUT2D eigenvalue weighted by atomic mass is 35.5. The van der Waals surface area contributed by atoms with Crippen LogP contribution in [0.3, 0.4) is 0 Å². The number of morpholine rings is 2. The van der Waals surface area contributed by atoms with Crippen molar-refractivity contribution in [3.05, 3.63) is 61.9 Å². The fourth-order valence-corrected chi connectivity index (χ4v) is 11.8. The van der Waals surface area contributed by atoms with E-state index in [4.69, 9.17) is 31.5 Å². The molecule has 17 heteroatoms. The van der Waals surface area contributed by atoms with Crippen molar-refractivity contribution in [2.45, 2.75) is 71.0 Å². The Morgan fingerprint density at radius 3 is 2.12 bits per heavy atom. The monoisotopic (exact) mass is 857 g/mol. The van der Waals surface area contributed by atoms with Crippen LogP contribution in [0, 0.1) is 11.8 Å². The van der Waals surface area contributed by atoms with Crippen LogP contribution in [-0.4, -0.2) is 113 Å². The summed E-state index contributed by atoms with van der Waals surface area (Å²) >= 11 is 9.57. The molecule has 14 nitrogen and oxygen atoms in total. The number of carbonyl (C=O) groups is 2. The van der Waals surface area contributed by atoms with Gasteiger partial charge in [0.25, 0.3) is 0 Å². The van der Waals surface area contributed by atoms with Gasteiger partial charge in [0.1, 0.15) is 45.6 Å². The first kappa shape index (κ1) is 40.1. The van der Waals surface area contributed by atoms with Gasteiger partial charge in [-0.1, -0.05) is 11.6 Å². The van der Waals surface area contributed by atoms with Gasteiger partial charge >= 0.3 is 0 Å². The summed E-state index contributed by atoms with van der Waals surface area (Å²) in [5.74, 6) is 2.08. The SMILES string of the molecule is C[C@@H]1COCCN1C(=O)[C@H]1CCc2c(sc3ncnc(Cl)c23)C1.C[C@@H]1COCCN1C(=O)[C@H]1CCc2c(sc3ncnc(Nc4cc5c(cc4OCCN)CN=C5)c23)C1. The van der Waals surface area contributed by atoms with Gasteiger partial charge in [0.05, 0.1) is 61.5 Å². The topological polar surface area (TPSA) is 170 Å². The predicted octanol–water partition coefficient (Wildman–Crippen LogP) is 5.75. The number of nitrogens with two attached hydrogens (primary N) is 1. The summed E-state index contributed by atoms with van der Waals surface area (Å²) in [6.07, 6.45) is 9.93. The van der Waals surface area contributed by atoms with E-state index in [1.54, 1.807) is 29.0 Å². The zero-order chi connectivity index (χ0) is 40.6. The van der Waals surface area contributed by atoms with E-state index in [0.717, 1.165) is 87.3 Å². The molecule has 7 heterocycles. The number of halogens is 1. The Morgan fingerprint density at radius 1 is 0.881 bits per heavy atom. The van der Waals surface area contributed by atoms with E-state index in [0.29, 0.717) is 64.4 Å². The molecule has 1 aromatic carbocycles. The molecule has 4 aromatic heterocycles. The third kappa shape index (κ3) is 8.02. The zero-order valence-electron chi connectivity index (χ0n) is 33.2. The number of benzene rings is 1. The second-order valence-corrected chi connectivity index (χ2v) is 18.3. The Balaban J connectivity index is 0.000000168. The van der Waals surface area contributed by atoms with E-state index in [1.807, 2.05) is 22.1 Å². The normalized spacial score (nSPS) is 22.4. The summed E-state index contributed by atoms with van der Waals surface area (Å²) in [5, 5.41) is 6.08. The highest BCUT2D eigenvalue weighted by molar-refractivity contribution is 7.19. The molecule has 4 atom stereocenters. The first-order valence-electron chi connectivity index (χ1n) is 20.5. The minimum absolute atomic E-state index is 0.00254. The number of rotatable bonds is 7. The van der Waals surface area contributed by atoms with Crippen molar-refractivity contribution in [2.75, 3.05) is 58.0 Å². The average Bonchev–Trinajstić information content (AvgIpc) is 3.98. The molecule has 59 heavy (non-hydrogen) atoms. The molecule has 0 radical (unpaired) electrons. The summed E-state index contributed by atoms with van der Waals surface area (Å²) in [7, 11) is 0. The van der Waals surface area contributed by atoms with Crippen molar-refractivity contribution in [1.29, 1.82) is 0 Å². The molecular formula is C42H48ClN9O5S2. The van der Waals surface area contributed by atoms with E-state index in [1.165, 1.54) is 27.2 Å². The number of hydrogen-bond donors (Lipinski definition) is 2. The lowest BCUT2D eigenvalue weighted by atomic mass is 9.86. The zero-order valence-corrected chi connectivity index (χ0v) is 35.6. The van der Waals surface area contributed by atoms with Gasteiger partial charge < -0.3 is 35.1 Å². The Morgan fingerprint density at radius 2 is 1.49 bits per heavy atom. The van der Waals surface area contributed by atoms with Crippen LogP contribution in [0.4, 0.5) is 11.5 Å². The number of aryl methyl sites for hydroxylation is 2. The molecule has 0 spiro atoms. The molecule has 5 aliphatic rings. The lowest BCUT2D eigenvalue weighted by molar-refractivity contribution is -0.144. The summed E-state index contributed by atoms with van der Waals surface area (Å²) in [6, 6.07) is 4.39. The maximum Gasteiger partial charge on any atom is 0.226 e. The molecule has 2 saturated heterocycles. The lowest BCUT2D eigenvalue weighted by Crippen LogP contribution is -2.50. The van der Waals surface area contributed by atoms with Crippen LogP contribution in [0.1, 0.15) is 58.7 Å². The molecular weight excluding hydrogens is 810 g/mol. The molecule has 3 N–H and O–H groups in total. The molecule has 10 rings (SSSR count). The number of fused-ring (bicyclic) bond motifs is 7. The number of anilines is 2. The number of aromatic nitrogens is 4. The number of thiophene rings is 2. The lowest BCUT2D eigenvalue weighted by Gasteiger charge is -2.36. The van der Waals surface area contributed by atoms with Crippen molar-refractivity contribution in [3.63, 3.8) is 0 Å². The number of ether oxygens (including phenoxy) is 3. The number of nitrogens with zero attached hydrogens (tertiary/aromatic N) is 7. The number of aliphatic imine (C=N–C) groups is 1. The van der Waals surface area contributed by atoms with Gasteiger partial charge in [0, 0.05) is 47.4 Å². The standard InChI is InChI=1S/C26H30N6O3S.C16H18ClN3O2S/c1-15-13-34-7-5-32(15)26(33)16-2-3-19-22(10-16)36-25-23(19)24(29-14-30-25)31-20-8-17-11-28-12-18(17)9-21(20)35-6-4-27;1-9-7-22-5-4-20(9)16(21)10-2-3-11-12(6-10)23-15-13(11)14(17)18-8-19-15/h8-9,11,14-16H,2-7,10,12-13,27H2,1H3,(H,29,30,31);8-10H,2-7H2,1H3/t15-,16+;9-,10+/m11/s1. The van der Waals surface area contributed by atoms with Gasteiger partial charge in [-0.3, -0.25) is 14.6 Å². The average molecular weight is 858 g/mol. The fraction of sp³-hybridized carbons (Fsp3) is 0.500. The Hall–Kier alpha value is -4.32. The molecule has 2 fully saturated rings.